The standard InChI is InChI=1S/C7H6Cl2O/c8-4-5-3-6(10)1-2-7(5)9/h1-3,10H,4H2. The third kappa shape index (κ3) is 1.55. The van der Waals surface area contributed by atoms with E-state index in [4.69, 9.17) is 28.3 Å². The second kappa shape index (κ2) is 3.13. The molecule has 1 nitrogen and oxygen atoms in total. The molecule has 0 amide bonds. The second-order valence-corrected chi connectivity index (χ2v) is 2.58. The van der Waals surface area contributed by atoms with Gasteiger partial charge in [-0.15, -0.1) is 11.6 Å². The van der Waals surface area contributed by atoms with Crippen molar-refractivity contribution in [2.75, 3.05) is 0 Å². The van der Waals surface area contributed by atoms with Gasteiger partial charge in [0, 0.05) is 10.9 Å². The molecule has 0 aromatic heterocycles. The minimum atomic E-state index is 0.194. The van der Waals surface area contributed by atoms with Crippen molar-refractivity contribution in [2.45, 2.75) is 5.88 Å². The Kier molecular flexibility index (Phi) is 2.41. The summed E-state index contributed by atoms with van der Waals surface area (Å²) < 4.78 is 0. The molecule has 0 fully saturated rings. The molecule has 1 aromatic rings. The summed E-state index contributed by atoms with van der Waals surface area (Å²) in [4.78, 5) is 0. The summed E-state index contributed by atoms with van der Waals surface area (Å²) in [6, 6.07) is 4.70. The summed E-state index contributed by atoms with van der Waals surface area (Å²) in [5.74, 6) is 0.521. The van der Waals surface area contributed by atoms with Crippen LogP contribution in [-0.2, 0) is 5.88 Å². The predicted molar refractivity (Wildman–Crippen MR) is 42.7 cm³/mol. The molecule has 1 rings (SSSR count). The average Bonchev–Trinajstić information content (AvgIpc) is 1.94. The molecular formula is C7H6Cl2O. The lowest BCUT2D eigenvalue weighted by Gasteiger charge is -1.98. The third-order valence-electron chi connectivity index (χ3n) is 1.17. The zero-order chi connectivity index (χ0) is 7.56. The van der Waals surface area contributed by atoms with Crippen molar-refractivity contribution in [1.29, 1.82) is 0 Å². The second-order valence-electron chi connectivity index (χ2n) is 1.91. The van der Waals surface area contributed by atoms with Crippen molar-refractivity contribution in [3.05, 3.63) is 28.8 Å². The van der Waals surface area contributed by atoms with Crippen LogP contribution in [0.5, 0.6) is 5.75 Å². The largest absolute Gasteiger partial charge is 0.508 e. The molecule has 0 spiro atoms. The van der Waals surface area contributed by atoms with Gasteiger partial charge in [0.05, 0.1) is 0 Å². The zero-order valence-corrected chi connectivity index (χ0v) is 6.65. The van der Waals surface area contributed by atoms with Crippen LogP contribution in [-0.4, -0.2) is 5.11 Å². The van der Waals surface area contributed by atoms with Gasteiger partial charge in [-0.1, -0.05) is 11.6 Å². The van der Waals surface area contributed by atoms with E-state index >= 15 is 0 Å². The van der Waals surface area contributed by atoms with E-state index in [9.17, 15) is 0 Å². The molecule has 0 saturated heterocycles. The smallest absolute Gasteiger partial charge is 0.115 e. The number of phenolic OH excluding ortho intramolecular Hbond substituents is 1. The van der Waals surface area contributed by atoms with E-state index < -0.39 is 0 Å². The Morgan fingerprint density at radius 3 is 2.60 bits per heavy atom. The molecule has 0 bridgehead atoms. The maximum atomic E-state index is 8.95. The van der Waals surface area contributed by atoms with Gasteiger partial charge >= 0.3 is 0 Å². The van der Waals surface area contributed by atoms with Gasteiger partial charge in [-0.2, -0.15) is 0 Å². The predicted octanol–water partition coefficient (Wildman–Crippen LogP) is 2.78. The molecule has 1 N–H and O–H groups in total. The lowest BCUT2D eigenvalue weighted by Crippen LogP contribution is -1.78. The number of hydrogen-bond acceptors (Lipinski definition) is 1. The van der Waals surface area contributed by atoms with E-state index in [0.717, 1.165) is 5.56 Å². The Morgan fingerprint density at radius 2 is 2.10 bits per heavy atom. The summed E-state index contributed by atoms with van der Waals surface area (Å²) in [7, 11) is 0. The number of halogens is 2. The van der Waals surface area contributed by atoms with E-state index in [1.165, 1.54) is 6.07 Å². The molecule has 0 aliphatic heterocycles. The zero-order valence-electron chi connectivity index (χ0n) is 5.14. The van der Waals surface area contributed by atoms with Crippen molar-refractivity contribution in [3.8, 4) is 5.75 Å². The molecular weight excluding hydrogens is 171 g/mol. The number of hydrogen-bond donors (Lipinski definition) is 1. The van der Waals surface area contributed by atoms with Crippen molar-refractivity contribution in [1.82, 2.24) is 0 Å². The van der Waals surface area contributed by atoms with Gasteiger partial charge in [0.25, 0.3) is 0 Å². The van der Waals surface area contributed by atoms with Crippen LogP contribution in [0.3, 0.4) is 0 Å². The quantitative estimate of drug-likeness (QED) is 0.654. The minimum absolute atomic E-state index is 0.194. The van der Waals surface area contributed by atoms with Crippen molar-refractivity contribution < 1.29 is 5.11 Å². The normalized spacial score (nSPS) is 9.80. The van der Waals surface area contributed by atoms with Crippen LogP contribution in [0.4, 0.5) is 0 Å². The van der Waals surface area contributed by atoms with Crippen LogP contribution in [0.25, 0.3) is 0 Å². The van der Waals surface area contributed by atoms with E-state index in [0.29, 0.717) is 10.9 Å². The fourth-order valence-corrected chi connectivity index (χ4v) is 1.14. The Morgan fingerprint density at radius 1 is 1.40 bits per heavy atom. The molecule has 1 aromatic carbocycles. The first-order valence-electron chi connectivity index (χ1n) is 2.77. The highest BCUT2D eigenvalue weighted by atomic mass is 35.5. The van der Waals surface area contributed by atoms with Crippen molar-refractivity contribution >= 4 is 23.2 Å². The van der Waals surface area contributed by atoms with E-state index in [1.54, 1.807) is 12.1 Å². The Bertz CT molecular complexity index is 235. The maximum Gasteiger partial charge on any atom is 0.115 e. The first kappa shape index (κ1) is 7.70. The molecule has 0 aliphatic carbocycles. The third-order valence-corrected chi connectivity index (χ3v) is 1.83. The van der Waals surface area contributed by atoms with E-state index in [-0.39, 0.29) is 5.75 Å². The molecule has 0 unspecified atom stereocenters. The van der Waals surface area contributed by atoms with Crippen LogP contribution in [0, 0.1) is 0 Å². The van der Waals surface area contributed by atoms with Crippen LogP contribution in [0.2, 0.25) is 5.02 Å². The summed E-state index contributed by atoms with van der Waals surface area (Å²) in [5.41, 5.74) is 0.753. The van der Waals surface area contributed by atoms with Gasteiger partial charge in [0.1, 0.15) is 5.75 Å². The first-order valence-corrected chi connectivity index (χ1v) is 3.68. The van der Waals surface area contributed by atoms with Crippen LogP contribution < -0.4 is 0 Å². The minimum Gasteiger partial charge on any atom is -0.508 e. The first-order chi connectivity index (χ1) is 4.74. The maximum absolute atomic E-state index is 8.95. The van der Waals surface area contributed by atoms with E-state index in [2.05, 4.69) is 0 Å². The number of rotatable bonds is 1. The molecule has 0 radical (unpaired) electrons. The Hall–Kier alpha value is -0.400. The SMILES string of the molecule is Oc1ccc(Cl)c(CCl)c1. The number of benzene rings is 1. The topological polar surface area (TPSA) is 20.2 Å². The van der Waals surface area contributed by atoms with Crippen molar-refractivity contribution in [3.63, 3.8) is 0 Å². The number of phenols is 1. The summed E-state index contributed by atoms with van der Waals surface area (Å²) >= 11 is 11.2. The molecule has 0 atom stereocenters. The van der Waals surface area contributed by atoms with Gasteiger partial charge in [0.15, 0.2) is 0 Å². The average molecular weight is 177 g/mol. The Labute approximate surface area is 69.2 Å². The Balaban J connectivity index is 3.09. The van der Waals surface area contributed by atoms with Crippen molar-refractivity contribution in [2.24, 2.45) is 0 Å². The monoisotopic (exact) mass is 176 g/mol. The van der Waals surface area contributed by atoms with Crippen LogP contribution >= 0.6 is 23.2 Å². The lowest BCUT2D eigenvalue weighted by molar-refractivity contribution is 0.475. The van der Waals surface area contributed by atoms with Gasteiger partial charge in [0.2, 0.25) is 0 Å². The summed E-state index contributed by atoms with van der Waals surface area (Å²) in [6.07, 6.45) is 0. The van der Waals surface area contributed by atoms with Gasteiger partial charge in [-0.3, -0.25) is 0 Å². The van der Waals surface area contributed by atoms with E-state index in [1.807, 2.05) is 0 Å². The fourth-order valence-electron chi connectivity index (χ4n) is 0.664. The summed E-state index contributed by atoms with van der Waals surface area (Å²) in [6.45, 7) is 0. The van der Waals surface area contributed by atoms with Gasteiger partial charge < -0.3 is 5.11 Å². The lowest BCUT2D eigenvalue weighted by atomic mass is 10.2. The fraction of sp³-hybridized carbons (Fsp3) is 0.143. The molecule has 54 valence electrons. The molecule has 0 saturated carbocycles. The molecule has 0 aliphatic rings. The highest BCUT2D eigenvalue weighted by Crippen LogP contribution is 2.22. The number of alkyl halides is 1. The highest BCUT2D eigenvalue weighted by Gasteiger charge is 1.98. The highest BCUT2D eigenvalue weighted by molar-refractivity contribution is 6.32. The molecule has 0 heterocycles. The van der Waals surface area contributed by atoms with Crippen LogP contribution in [0.15, 0.2) is 18.2 Å². The van der Waals surface area contributed by atoms with Crippen LogP contribution in [0.1, 0.15) is 5.56 Å². The number of aromatic hydroxyl groups is 1. The van der Waals surface area contributed by atoms with Gasteiger partial charge in [-0.25, -0.2) is 0 Å². The molecule has 10 heavy (non-hydrogen) atoms. The van der Waals surface area contributed by atoms with Gasteiger partial charge in [-0.05, 0) is 23.8 Å². The molecule has 3 heteroatoms. The summed E-state index contributed by atoms with van der Waals surface area (Å²) in [5, 5.41) is 9.54.